The van der Waals surface area contributed by atoms with Gasteiger partial charge in [0.2, 0.25) is 0 Å². The van der Waals surface area contributed by atoms with Crippen LogP contribution >= 0.6 is 0 Å². The van der Waals surface area contributed by atoms with Crippen LogP contribution in [-0.2, 0) is 9.47 Å². The third-order valence-electron chi connectivity index (χ3n) is 2.69. The van der Waals surface area contributed by atoms with Gasteiger partial charge < -0.3 is 19.7 Å². The number of hydrogen-bond donors (Lipinski definition) is 2. The fourth-order valence-electron chi connectivity index (χ4n) is 1.93. The molecular weight excluding hydrogens is 172 g/mol. The van der Waals surface area contributed by atoms with E-state index >= 15 is 0 Å². The molecule has 2 fully saturated rings. The van der Waals surface area contributed by atoms with E-state index < -0.39 is 18.5 Å². The van der Waals surface area contributed by atoms with Gasteiger partial charge >= 0.3 is 0 Å². The van der Waals surface area contributed by atoms with E-state index in [9.17, 15) is 10.2 Å². The second-order valence-corrected chi connectivity index (χ2v) is 3.73. The van der Waals surface area contributed by atoms with Crippen LogP contribution in [0.4, 0.5) is 0 Å². The highest BCUT2D eigenvalue weighted by atomic mass is 16.7. The van der Waals surface area contributed by atoms with Crippen LogP contribution in [0, 0.1) is 5.92 Å². The molecule has 2 N–H and O–H groups in total. The normalized spacial score (nSPS) is 49.3. The standard InChI is InChI=1S/C9H14O4/c1-4(2)6-8(11)7(10)5-3-12-9(6)13-5/h5-11H,1,3H2,2H3/t5?,6?,7-,8?,9?/m1/s1. The van der Waals surface area contributed by atoms with Crippen LogP contribution in [-0.4, -0.2) is 41.4 Å². The number of aliphatic hydroxyl groups is 2. The smallest absolute Gasteiger partial charge is 0.167 e. The first-order chi connectivity index (χ1) is 6.11. The van der Waals surface area contributed by atoms with Crippen molar-refractivity contribution in [3.05, 3.63) is 12.2 Å². The van der Waals surface area contributed by atoms with Crippen molar-refractivity contribution >= 4 is 0 Å². The van der Waals surface area contributed by atoms with Gasteiger partial charge in [0.25, 0.3) is 0 Å². The molecular formula is C9H14O4. The molecule has 2 rings (SSSR count). The quantitative estimate of drug-likeness (QED) is 0.550. The van der Waals surface area contributed by atoms with Crippen LogP contribution in [0.25, 0.3) is 0 Å². The van der Waals surface area contributed by atoms with Crippen LogP contribution in [0.2, 0.25) is 0 Å². The molecule has 2 aliphatic rings. The van der Waals surface area contributed by atoms with Crippen molar-refractivity contribution in [1.29, 1.82) is 0 Å². The minimum atomic E-state index is -0.861. The largest absolute Gasteiger partial charge is 0.389 e. The summed E-state index contributed by atoms with van der Waals surface area (Å²) < 4.78 is 10.6. The van der Waals surface area contributed by atoms with Gasteiger partial charge in [-0.2, -0.15) is 0 Å². The van der Waals surface area contributed by atoms with Gasteiger partial charge in [0.1, 0.15) is 12.2 Å². The van der Waals surface area contributed by atoms with Crippen molar-refractivity contribution in [1.82, 2.24) is 0 Å². The van der Waals surface area contributed by atoms with Crippen molar-refractivity contribution in [2.45, 2.75) is 31.5 Å². The van der Waals surface area contributed by atoms with Crippen molar-refractivity contribution in [2.75, 3.05) is 6.61 Å². The monoisotopic (exact) mass is 186 g/mol. The molecule has 5 atom stereocenters. The summed E-state index contributed by atoms with van der Waals surface area (Å²) in [6.07, 6.45) is -2.49. The van der Waals surface area contributed by atoms with E-state index in [2.05, 4.69) is 6.58 Å². The van der Waals surface area contributed by atoms with Gasteiger partial charge in [-0.1, -0.05) is 12.2 Å². The molecule has 0 aromatic rings. The van der Waals surface area contributed by atoms with E-state index in [4.69, 9.17) is 9.47 Å². The zero-order valence-electron chi connectivity index (χ0n) is 7.51. The lowest BCUT2D eigenvalue weighted by molar-refractivity contribution is -0.193. The second-order valence-electron chi connectivity index (χ2n) is 3.73. The second kappa shape index (κ2) is 3.06. The first kappa shape index (κ1) is 9.15. The maximum Gasteiger partial charge on any atom is 0.167 e. The zero-order chi connectivity index (χ0) is 9.59. The summed E-state index contributed by atoms with van der Waals surface area (Å²) in [5.41, 5.74) is 0.775. The van der Waals surface area contributed by atoms with Crippen molar-refractivity contribution in [2.24, 2.45) is 5.92 Å². The van der Waals surface area contributed by atoms with Crippen LogP contribution < -0.4 is 0 Å². The molecule has 2 aliphatic heterocycles. The molecule has 13 heavy (non-hydrogen) atoms. The Morgan fingerprint density at radius 3 is 2.69 bits per heavy atom. The Morgan fingerprint density at radius 2 is 2.08 bits per heavy atom. The molecule has 0 aromatic carbocycles. The Morgan fingerprint density at radius 1 is 1.38 bits per heavy atom. The maximum absolute atomic E-state index is 9.72. The molecule has 0 saturated carbocycles. The maximum atomic E-state index is 9.72. The van der Waals surface area contributed by atoms with Gasteiger partial charge in [-0.05, 0) is 6.92 Å². The van der Waals surface area contributed by atoms with Crippen LogP contribution in [0.15, 0.2) is 12.2 Å². The molecule has 4 heteroatoms. The molecule has 0 radical (unpaired) electrons. The Labute approximate surface area is 76.8 Å². The van der Waals surface area contributed by atoms with Gasteiger partial charge in [-0.25, -0.2) is 0 Å². The van der Waals surface area contributed by atoms with Gasteiger partial charge in [0.05, 0.1) is 18.6 Å². The van der Waals surface area contributed by atoms with Gasteiger partial charge in [0.15, 0.2) is 6.29 Å². The summed E-state index contributed by atoms with van der Waals surface area (Å²) in [5, 5.41) is 19.3. The molecule has 2 bridgehead atoms. The molecule has 2 heterocycles. The van der Waals surface area contributed by atoms with E-state index in [1.165, 1.54) is 0 Å². The molecule has 0 aliphatic carbocycles. The highest BCUT2D eigenvalue weighted by Gasteiger charge is 2.49. The van der Waals surface area contributed by atoms with Crippen molar-refractivity contribution < 1.29 is 19.7 Å². The van der Waals surface area contributed by atoms with Gasteiger partial charge in [-0.3, -0.25) is 0 Å². The average molecular weight is 186 g/mol. The third-order valence-corrected chi connectivity index (χ3v) is 2.69. The molecule has 0 aromatic heterocycles. The average Bonchev–Trinajstić information content (AvgIpc) is 2.47. The SMILES string of the molecule is C=C(C)C1C2OCC(O2)[C@@H](O)C1O. The molecule has 2 saturated heterocycles. The van der Waals surface area contributed by atoms with Crippen LogP contribution in [0.3, 0.4) is 0 Å². The van der Waals surface area contributed by atoms with E-state index in [-0.39, 0.29) is 12.0 Å². The highest BCUT2D eigenvalue weighted by Crippen LogP contribution is 2.35. The summed E-state index contributed by atoms with van der Waals surface area (Å²) in [6, 6.07) is 0. The first-order valence-electron chi connectivity index (χ1n) is 4.40. The van der Waals surface area contributed by atoms with E-state index in [1.807, 2.05) is 0 Å². The fraction of sp³-hybridized carbons (Fsp3) is 0.778. The molecule has 4 unspecified atom stereocenters. The number of ether oxygens (including phenoxy) is 2. The number of rotatable bonds is 1. The predicted octanol–water partition coefficient (Wildman–Crippen LogP) is -0.344. The predicted molar refractivity (Wildman–Crippen MR) is 44.9 cm³/mol. The number of aliphatic hydroxyl groups excluding tert-OH is 2. The number of fused-ring (bicyclic) bond motifs is 2. The van der Waals surface area contributed by atoms with Crippen LogP contribution in [0.1, 0.15) is 6.92 Å². The van der Waals surface area contributed by atoms with E-state index in [0.717, 1.165) is 5.57 Å². The topological polar surface area (TPSA) is 58.9 Å². The summed E-state index contributed by atoms with van der Waals surface area (Å²) in [5.74, 6) is -0.311. The van der Waals surface area contributed by atoms with E-state index in [0.29, 0.717) is 6.61 Å². The third kappa shape index (κ3) is 1.30. The minimum Gasteiger partial charge on any atom is -0.389 e. The summed E-state index contributed by atoms with van der Waals surface area (Å²) in [7, 11) is 0. The Kier molecular flexibility index (Phi) is 2.15. The van der Waals surface area contributed by atoms with Crippen molar-refractivity contribution in [3.63, 3.8) is 0 Å². The molecule has 4 nitrogen and oxygen atoms in total. The molecule has 0 amide bonds. The lowest BCUT2D eigenvalue weighted by Crippen LogP contribution is -2.50. The molecule has 0 spiro atoms. The summed E-state index contributed by atoms with van der Waals surface area (Å²) >= 11 is 0. The van der Waals surface area contributed by atoms with Gasteiger partial charge in [0, 0.05) is 0 Å². The van der Waals surface area contributed by atoms with E-state index in [1.54, 1.807) is 6.92 Å². The molecule has 74 valence electrons. The fourth-order valence-corrected chi connectivity index (χ4v) is 1.93. The Balaban J connectivity index is 2.22. The number of hydrogen-bond acceptors (Lipinski definition) is 4. The minimum absolute atomic E-state index is 0.311. The Hall–Kier alpha value is -0.420. The lowest BCUT2D eigenvalue weighted by atomic mass is 9.88. The summed E-state index contributed by atoms with van der Waals surface area (Å²) in [4.78, 5) is 0. The van der Waals surface area contributed by atoms with Crippen molar-refractivity contribution in [3.8, 4) is 0 Å². The zero-order valence-corrected chi connectivity index (χ0v) is 7.51. The van der Waals surface area contributed by atoms with Gasteiger partial charge in [-0.15, -0.1) is 0 Å². The Bertz CT molecular complexity index is 228. The highest BCUT2D eigenvalue weighted by molar-refractivity contribution is 5.07. The lowest BCUT2D eigenvalue weighted by Gasteiger charge is -2.35. The first-order valence-corrected chi connectivity index (χ1v) is 4.40. The summed E-state index contributed by atoms with van der Waals surface area (Å²) in [6.45, 7) is 5.90. The van der Waals surface area contributed by atoms with Crippen LogP contribution in [0.5, 0.6) is 0 Å².